The maximum atomic E-state index is 6.27. The maximum absolute atomic E-state index is 6.27. The largest absolute Gasteiger partial charge is 0.497 e. The van der Waals surface area contributed by atoms with Crippen molar-refractivity contribution in [1.29, 1.82) is 0 Å². The van der Waals surface area contributed by atoms with E-state index in [-0.39, 0.29) is 0 Å². The number of aryl methyl sites for hydroxylation is 1. The molecular weight excluding hydrogens is 338 g/mol. The minimum Gasteiger partial charge on any atom is -0.497 e. The summed E-state index contributed by atoms with van der Waals surface area (Å²) in [6.45, 7) is 4.34. The van der Waals surface area contributed by atoms with Gasteiger partial charge in [0.1, 0.15) is 5.75 Å². The monoisotopic (exact) mass is 363 g/mol. The average molecular weight is 364 g/mol. The van der Waals surface area contributed by atoms with E-state index in [0.717, 1.165) is 43.2 Å². The summed E-state index contributed by atoms with van der Waals surface area (Å²) < 4.78 is 6.98. The highest BCUT2D eigenvalue weighted by Crippen LogP contribution is 2.22. The first kappa shape index (κ1) is 19.1. The number of guanidine groups is 1. The molecule has 0 radical (unpaired) electrons. The van der Waals surface area contributed by atoms with Crippen molar-refractivity contribution in [1.82, 2.24) is 20.4 Å². The van der Waals surface area contributed by atoms with E-state index in [0.29, 0.717) is 11.6 Å². The highest BCUT2D eigenvalue weighted by molar-refractivity contribution is 6.31. The third kappa shape index (κ3) is 6.31. The van der Waals surface area contributed by atoms with Gasteiger partial charge in [0.2, 0.25) is 0 Å². The molecule has 0 aliphatic heterocycles. The van der Waals surface area contributed by atoms with Gasteiger partial charge in [0, 0.05) is 37.9 Å². The number of aromatic nitrogens is 2. The minimum atomic E-state index is 0.661. The number of nitrogens with one attached hydrogen (secondary N) is 2. The van der Waals surface area contributed by atoms with Crippen LogP contribution in [0.4, 0.5) is 0 Å². The number of ether oxygens (including phenoxy) is 1. The van der Waals surface area contributed by atoms with E-state index in [1.54, 1.807) is 7.11 Å². The third-order valence-corrected chi connectivity index (χ3v) is 4.07. The molecule has 0 unspecified atom stereocenters. The predicted molar refractivity (Wildman–Crippen MR) is 103 cm³/mol. The number of methoxy groups -OCH3 is 1. The van der Waals surface area contributed by atoms with Gasteiger partial charge in [-0.25, -0.2) is 0 Å². The van der Waals surface area contributed by atoms with Crippen molar-refractivity contribution in [3.63, 3.8) is 0 Å². The Morgan fingerprint density at radius 3 is 2.80 bits per heavy atom. The van der Waals surface area contributed by atoms with Crippen LogP contribution < -0.4 is 15.4 Å². The smallest absolute Gasteiger partial charge is 0.191 e. The number of hydrogen-bond acceptors (Lipinski definition) is 3. The lowest BCUT2D eigenvalue weighted by Crippen LogP contribution is -2.38. The molecule has 0 aliphatic rings. The van der Waals surface area contributed by atoms with Gasteiger partial charge in [-0.2, -0.15) is 5.10 Å². The molecule has 0 fully saturated rings. The van der Waals surface area contributed by atoms with Crippen molar-refractivity contribution < 1.29 is 4.74 Å². The molecule has 1 heterocycles. The van der Waals surface area contributed by atoms with E-state index >= 15 is 0 Å². The van der Waals surface area contributed by atoms with Crippen molar-refractivity contribution in [3.8, 4) is 5.75 Å². The first-order valence-corrected chi connectivity index (χ1v) is 8.82. The minimum absolute atomic E-state index is 0.661. The summed E-state index contributed by atoms with van der Waals surface area (Å²) in [5, 5.41) is 11.5. The summed E-state index contributed by atoms with van der Waals surface area (Å²) in [6, 6.07) is 5.74. The van der Waals surface area contributed by atoms with Crippen molar-refractivity contribution >= 4 is 17.6 Å². The Bertz CT molecular complexity index is 699. The number of nitrogens with zero attached hydrogens (tertiary/aromatic N) is 3. The lowest BCUT2D eigenvalue weighted by Gasteiger charge is -2.11. The first-order valence-electron chi connectivity index (χ1n) is 8.44. The van der Waals surface area contributed by atoms with Gasteiger partial charge in [0.25, 0.3) is 0 Å². The van der Waals surface area contributed by atoms with Gasteiger partial charge in [-0.15, -0.1) is 0 Å². The molecule has 0 spiro atoms. The quantitative estimate of drug-likeness (QED) is 0.558. The Kier molecular flexibility index (Phi) is 7.60. The summed E-state index contributed by atoms with van der Waals surface area (Å²) in [4.78, 5) is 4.61. The molecule has 0 atom stereocenters. The molecule has 2 N–H and O–H groups in total. The molecule has 7 heteroatoms. The van der Waals surface area contributed by atoms with E-state index < -0.39 is 0 Å². The standard InChI is InChI=1S/C18H26ClN5O/c1-4-20-18(21-9-7-14-12-23-24(2)13-14)22-10-8-15-5-6-16(25-3)11-17(15)19/h5-6,11-13H,4,7-10H2,1-3H3,(H2,20,21,22). The molecule has 2 aromatic rings. The van der Waals surface area contributed by atoms with Crippen molar-refractivity contribution in [2.45, 2.75) is 19.8 Å². The highest BCUT2D eigenvalue weighted by Gasteiger charge is 2.03. The molecule has 2 rings (SSSR count). The molecule has 25 heavy (non-hydrogen) atoms. The number of hydrogen-bond donors (Lipinski definition) is 2. The molecule has 0 saturated carbocycles. The van der Waals surface area contributed by atoms with E-state index in [4.69, 9.17) is 16.3 Å². The zero-order valence-corrected chi connectivity index (χ0v) is 15.8. The van der Waals surface area contributed by atoms with Crippen LogP contribution in [0.3, 0.4) is 0 Å². The van der Waals surface area contributed by atoms with Crippen molar-refractivity contribution in [3.05, 3.63) is 46.7 Å². The molecule has 0 saturated heterocycles. The Balaban J connectivity index is 1.84. The SMILES string of the molecule is CCNC(=NCCc1ccc(OC)cc1Cl)NCCc1cnn(C)c1. The topological polar surface area (TPSA) is 63.5 Å². The molecule has 136 valence electrons. The molecule has 0 bridgehead atoms. The van der Waals surface area contributed by atoms with Crippen LogP contribution in [0.25, 0.3) is 0 Å². The second-order valence-electron chi connectivity index (χ2n) is 5.67. The zero-order valence-electron chi connectivity index (χ0n) is 15.1. The van der Waals surface area contributed by atoms with Crippen LogP contribution in [-0.4, -0.2) is 42.5 Å². The van der Waals surface area contributed by atoms with E-state index in [1.165, 1.54) is 5.56 Å². The molecular formula is C18H26ClN5O. The van der Waals surface area contributed by atoms with E-state index in [9.17, 15) is 0 Å². The Morgan fingerprint density at radius 2 is 2.16 bits per heavy atom. The van der Waals surface area contributed by atoms with Gasteiger partial charge in [0.05, 0.1) is 13.3 Å². The Labute approximate surface area is 154 Å². The van der Waals surface area contributed by atoms with Crippen LogP contribution in [0, 0.1) is 0 Å². The summed E-state index contributed by atoms with van der Waals surface area (Å²) in [7, 11) is 3.56. The van der Waals surface area contributed by atoms with Gasteiger partial charge >= 0.3 is 0 Å². The Hall–Kier alpha value is -2.21. The van der Waals surface area contributed by atoms with Crippen LogP contribution in [-0.2, 0) is 19.9 Å². The fraction of sp³-hybridized carbons (Fsp3) is 0.444. The molecule has 1 aromatic carbocycles. The highest BCUT2D eigenvalue weighted by atomic mass is 35.5. The fourth-order valence-electron chi connectivity index (χ4n) is 2.41. The average Bonchev–Trinajstić information content (AvgIpc) is 3.01. The van der Waals surface area contributed by atoms with Gasteiger partial charge in [0.15, 0.2) is 5.96 Å². The number of benzene rings is 1. The van der Waals surface area contributed by atoms with E-state index in [1.807, 2.05) is 42.3 Å². The summed E-state index contributed by atoms with van der Waals surface area (Å²) in [5.41, 5.74) is 2.27. The Morgan fingerprint density at radius 1 is 1.32 bits per heavy atom. The van der Waals surface area contributed by atoms with Crippen LogP contribution in [0.15, 0.2) is 35.6 Å². The normalized spacial score (nSPS) is 11.4. The van der Waals surface area contributed by atoms with Gasteiger partial charge in [-0.1, -0.05) is 17.7 Å². The lowest BCUT2D eigenvalue weighted by atomic mass is 10.1. The molecule has 0 amide bonds. The van der Waals surface area contributed by atoms with Gasteiger partial charge < -0.3 is 15.4 Å². The molecule has 6 nitrogen and oxygen atoms in total. The maximum Gasteiger partial charge on any atom is 0.191 e. The first-order chi connectivity index (χ1) is 12.1. The number of aliphatic imine (C=N–C) groups is 1. The lowest BCUT2D eigenvalue weighted by molar-refractivity contribution is 0.414. The predicted octanol–water partition coefficient (Wildman–Crippen LogP) is 2.42. The molecule has 0 aliphatic carbocycles. The van der Waals surface area contributed by atoms with Gasteiger partial charge in [-0.3, -0.25) is 9.67 Å². The van der Waals surface area contributed by atoms with Crippen LogP contribution in [0.1, 0.15) is 18.1 Å². The van der Waals surface area contributed by atoms with Gasteiger partial charge in [-0.05, 0) is 43.0 Å². The fourth-order valence-corrected chi connectivity index (χ4v) is 2.68. The second kappa shape index (κ2) is 9.93. The van der Waals surface area contributed by atoms with E-state index in [2.05, 4.69) is 27.6 Å². The summed E-state index contributed by atoms with van der Waals surface area (Å²) in [5.74, 6) is 1.58. The number of halogens is 1. The summed E-state index contributed by atoms with van der Waals surface area (Å²) in [6.07, 6.45) is 5.60. The van der Waals surface area contributed by atoms with Crippen molar-refractivity contribution in [2.75, 3.05) is 26.7 Å². The third-order valence-electron chi connectivity index (χ3n) is 3.72. The molecule has 1 aromatic heterocycles. The van der Waals surface area contributed by atoms with Crippen LogP contribution >= 0.6 is 11.6 Å². The number of rotatable bonds is 8. The van der Waals surface area contributed by atoms with Crippen LogP contribution in [0.5, 0.6) is 5.75 Å². The second-order valence-corrected chi connectivity index (χ2v) is 6.07. The zero-order chi connectivity index (χ0) is 18.1. The van der Waals surface area contributed by atoms with Crippen molar-refractivity contribution in [2.24, 2.45) is 12.0 Å². The summed E-state index contributed by atoms with van der Waals surface area (Å²) >= 11 is 6.27. The van der Waals surface area contributed by atoms with Crippen LogP contribution in [0.2, 0.25) is 5.02 Å².